The van der Waals surface area contributed by atoms with Gasteiger partial charge < -0.3 is 10.6 Å². The van der Waals surface area contributed by atoms with Gasteiger partial charge in [-0.25, -0.2) is 18.4 Å². The van der Waals surface area contributed by atoms with Gasteiger partial charge in [0.1, 0.15) is 22.5 Å². The molecule has 0 radical (unpaired) electrons. The molecule has 1 aromatic rings. The molecule has 1 fully saturated rings. The molecular weight excluding hydrogens is 296 g/mol. The predicted molar refractivity (Wildman–Crippen MR) is 74.8 cm³/mol. The molecule has 0 saturated carbocycles. The van der Waals surface area contributed by atoms with E-state index in [1.54, 1.807) is 16.7 Å². The Kier molecular flexibility index (Phi) is 3.88. The van der Waals surface area contributed by atoms with Gasteiger partial charge in [-0.1, -0.05) is 11.6 Å². The number of hydrogen-bond donors (Lipinski definition) is 1. The highest BCUT2D eigenvalue weighted by Gasteiger charge is 2.33. The molecule has 2 rings (SSSR count). The first-order valence-corrected chi connectivity index (χ1v) is 8.69. The molecule has 2 N–H and O–H groups in total. The third-order valence-electron chi connectivity index (χ3n) is 2.65. The summed E-state index contributed by atoms with van der Waals surface area (Å²) in [6.45, 7) is 0.568. The van der Waals surface area contributed by atoms with Crippen LogP contribution in [-0.4, -0.2) is 48.1 Å². The standard InChI is InChI=1S/C9H13ClN4O2S2/c1-18(15,16)6-4-17-3-2-14(6)9-7(10)8(11)12-5-13-9/h5-6H,2-4H2,1H3,(H2,11,12,13). The first-order valence-electron chi connectivity index (χ1n) is 5.20. The van der Waals surface area contributed by atoms with Crippen molar-refractivity contribution in [2.45, 2.75) is 5.37 Å². The van der Waals surface area contributed by atoms with Crippen molar-refractivity contribution in [3.8, 4) is 0 Å². The fraction of sp³-hybridized carbons (Fsp3) is 0.556. The van der Waals surface area contributed by atoms with Crippen molar-refractivity contribution >= 4 is 44.8 Å². The Bertz CT molecular complexity index is 551. The van der Waals surface area contributed by atoms with Gasteiger partial charge in [0.15, 0.2) is 15.7 Å². The van der Waals surface area contributed by atoms with Gasteiger partial charge in [0, 0.05) is 24.3 Å². The summed E-state index contributed by atoms with van der Waals surface area (Å²) >= 11 is 7.65. The fourth-order valence-electron chi connectivity index (χ4n) is 1.75. The van der Waals surface area contributed by atoms with E-state index in [1.807, 2.05) is 0 Å². The zero-order chi connectivity index (χ0) is 13.3. The van der Waals surface area contributed by atoms with Crippen LogP contribution in [-0.2, 0) is 9.84 Å². The molecule has 1 aromatic heterocycles. The first kappa shape index (κ1) is 13.7. The van der Waals surface area contributed by atoms with Gasteiger partial charge >= 0.3 is 0 Å². The second-order valence-corrected chi connectivity index (χ2v) is 7.68. The minimum absolute atomic E-state index is 0.159. The molecule has 1 aliphatic heterocycles. The number of rotatable bonds is 2. The summed E-state index contributed by atoms with van der Waals surface area (Å²) in [5, 5.41) is -0.416. The number of anilines is 2. The van der Waals surface area contributed by atoms with E-state index in [2.05, 4.69) is 9.97 Å². The molecule has 18 heavy (non-hydrogen) atoms. The van der Waals surface area contributed by atoms with Crippen molar-refractivity contribution in [2.24, 2.45) is 0 Å². The number of sulfone groups is 1. The largest absolute Gasteiger partial charge is 0.382 e. The Labute approximate surface area is 115 Å². The maximum Gasteiger partial charge on any atom is 0.169 e. The molecule has 0 aromatic carbocycles. The molecule has 0 aliphatic carbocycles. The van der Waals surface area contributed by atoms with E-state index in [1.165, 1.54) is 12.6 Å². The number of nitrogen functional groups attached to an aromatic ring is 1. The average Bonchev–Trinajstić information content (AvgIpc) is 2.32. The number of hydrogen-bond acceptors (Lipinski definition) is 7. The second kappa shape index (κ2) is 5.10. The Morgan fingerprint density at radius 1 is 1.56 bits per heavy atom. The number of aromatic nitrogens is 2. The number of nitrogens with two attached hydrogens (primary N) is 1. The highest BCUT2D eigenvalue weighted by Crippen LogP contribution is 2.32. The normalized spacial score (nSPS) is 21.0. The van der Waals surface area contributed by atoms with Crippen LogP contribution in [0.2, 0.25) is 5.02 Å². The second-order valence-electron chi connectivity index (χ2n) is 3.95. The van der Waals surface area contributed by atoms with Crippen LogP contribution in [0.25, 0.3) is 0 Å². The zero-order valence-corrected chi connectivity index (χ0v) is 12.1. The molecule has 0 spiro atoms. The first-order chi connectivity index (χ1) is 8.41. The van der Waals surface area contributed by atoms with E-state index in [4.69, 9.17) is 17.3 Å². The summed E-state index contributed by atoms with van der Waals surface area (Å²) in [6, 6.07) is 0. The summed E-state index contributed by atoms with van der Waals surface area (Å²) in [7, 11) is -3.21. The van der Waals surface area contributed by atoms with Crippen molar-refractivity contribution in [1.82, 2.24) is 9.97 Å². The van der Waals surface area contributed by atoms with Crippen LogP contribution in [0.4, 0.5) is 11.6 Å². The van der Waals surface area contributed by atoms with Gasteiger partial charge in [-0.05, 0) is 0 Å². The van der Waals surface area contributed by atoms with Gasteiger partial charge in [0.05, 0.1) is 0 Å². The lowest BCUT2D eigenvalue weighted by molar-refractivity contribution is 0.583. The summed E-state index contributed by atoms with van der Waals surface area (Å²) in [5.41, 5.74) is 5.62. The van der Waals surface area contributed by atoms with Crippen LogP contribution >= 0.6 is 23.4 Å². The number of nitrogens with zero attached hydrogens (tertiary/aromatic N) is 3. The Morgan fingerprint density at radius 2 is 2.28 bits per heavy atom. The highest BCUT2D eigenvalue weighted by molar-refractivity contribution is 8.01. The lowest BCUT2D eigenvalue weighted by Gasteiger charge is -2.35. The zero-order valence-electron chi connectivity index (χ0n) is 9.71. The third-order valence-corrected chi connectivity index (χ3v) is 5.65. The van der Waals surface area contributed by atoms with Gasteiger partial charge in [0.2, 0.25) is 0 Å². The molecule has 1 aliphatic rings. The van der Waals surface area contributed by atoms with Crippen molar-refractivity contribution in [1.29, 1.82) is 0 Å². The van der Waals surface area contributed by atoms with E-state index in [-0.39, 0.29) is 10.8 Å². The topological polar surface area (TPSA) is 89.2 Å². The van der Waals surface area contributed by atoms with E-state index < -0.39 is 15.2 Å². The molecule has 100 valence electrons. The van der Waals surface area contributed by atoms with E-state index in [0.717, 1.165) is 5.75 Å². The van der Waals surface area contributed by atoms with E-state index in [0.29, 0.717) is 18.1 Å². The van der Waals surface area contributed by atoms with Crippen molar-refractivity contribution in [3.05, 3.63) is 11.3 Å². The predicted octanol–water partition coefficient (Wildman–Crippen LogP) is 0.636. The molecule has 9 heteroatoms. The highest BCUT2D eigenvalue weighted by atomic mass is 35.5. The van der Waals surface area contributed by atoms with Crippen molar-refractivity contribution in [3.63, 3.8) is 0 Å². The van der Waals surface area contributed by atoms with E-state index >= 15 is 0 Å². The fourth-order valence-corrected chi connectivity index (χ4v) is 4.78. The minimum atomic E-state index is -3.21. The maximum atomic E-state index is 11.8. The Balaban J connectivity index is 2.43. The lowest BCUT2D eigenvalue weighted by atomic mass is 10.4. The molecule has 1 unspecified atom stereocenters. The smallest absolute Gasteiger partial charge is 0.169 e. The molecular formula is C9H13ClN4O2S2. The van der Waals surface area contributed by atoms with Crippen molar-refractivity contribution < 1.29 is 8.42 Å². The Morgan fingerprint density at radius 3 is 2.94 bits per heavy atom. The lowest BCUT2D eigenvalue weighted by Crippen LogP contribution is -2.47. The van der Waals surface area contributed by atoms with Crippen LogP contribution < -0.4 is 10.6 Å². The summed E-state index contributed by atoms with van der Waals surface area (Å²) < 4.78 is 23.6. The van der Waals surface area contributed by atoms with Crippen molar-refractivity contribution in [2.75, 3.05) is 34.9 Å². The SMILES string of the molecule is CS(=O)(=O)C1CSCCN1c1ncnc(N)c1Cl. The average molecular weight is 309 g/mol. The van der Waals surface area contributed by atoms with Gasteiger partial charge in [-0.15, -0.1) is 0 Å². The van der Waals surface area contributed by atoms with Crippen LogP contribution in [0.1, 0.15) is 0 Å². The minimum Gasteiger partial charge on any atom is -0.382 e. The molecule has 0 bridgehead atoms. The Hall–Kier alpha value is -0.730. The number of thioether (sulfide) groups is 1. The summed E-state index contributed by atoms with van der Waals surface area (Å²) in [5.74, 6) is 1.87. The molecule has 1 atom stereocenters. The molecule has 0 amide bonds. The monoisotopic (exact) mass is 308 g/mol. The van der Waals surface area contributed by atoms with Crippen LogP contribution in [0.15, 0.2) is 6.33 Å². The maximum absolute atomic E-state index is 11.8. The van der Waals surface area contributed by atoms with Crippen LogP contribution in [0.3, 0.4) is 0 Å². The molecule has 2 heterocycles. The van der Waals surface area contributed by atoms with Gasteiger partial charge in [0.25, 0.3) is 0 Å². The quantitative estimate of drug-likeness (QED) is 0.857. The van der Waals surface area contributed by atoms with E-state index in [9.17, 15) is 8.42 Å². The van der Waals surface area contributed by atoms with Crippen LogP contribution in [0, 0.1) is 0 Å². The molecule has 6 nitrogen and oxygen atoms in total. The van der Waals surface area contributed by atoms with Gasteiger partial charge in [-0.3, -0.25) is 0 Å². The number of halogens is 1. The van der Waals surface area contributed by atoms with Crippen LogP contribution in [0.5, 0.6) is 0 Å². The summed E-state index contributed by atoms with van der Waals surface area (Å²) in [4.78, 5) is 9.52. The summed E-state index contributed by atoms with van der Waals surface area (Å²) in [6.07, 6.45) is 2.51. The third kappa shape index (κ3) is 2.65. The van der Waals surface area contributed by atoms with Gasteiger partial charge in [-0.2, -0.15) is 11.8 Å². The molecule has 1 saturated heterocycles.